The summed E-state index contributed by atoms with van der Waals surface area (Å²) in [7, 11) is 0. The topological polar surface area (TPSA) is 17.9 Å². The Kier molecular flexibility index (Phi) is 6.11. The molecular weight excluding hydrogens is 1070 g/mol. The molecule has 0 amide bonds. The smallest absolute Gasteiger partial charge is 0.252 e. The van der Waals surface area contributed by atoms with E-state index in [-0.39, 0.29) is 33.0 Å². The van der Waals surface area contributed by atoms with E-state index in [0.717, 1.165) is 9.47 Å². The van der Waals surface area contributed by atoms with Crippen molar-refractivity contribution >= 4 is 113 Å². The van der Waals surface area contributed by atoms with Gasteiger partial charge in [-0.25, -0.2) is 0 Å². The van der Waals surface area contributed by atoms with Gasteiger partial charge in [-0.1, -0.05) is 210 Å². The van der Waals surface area contributed by atoms with Crippen LogP contribution < -0.4 is 36.0 Å². The van der Waals surface area contributed by atoms with Crippen molar-refractivity contribution in [3.63, 3.8) is 0 Å². The lowest BCUT2D eigenvalue weighted by Gasteiger charge is -2.47. The Balaban J connectivity index is 1.31. The molecule has 0 fully saturated rings. The van der Waals surface area contributed by atoms with E-state index in [2.05, 4.69) is 0 Å². The molecule has 0 unspecified atom stereocenters. The van der Waals surface area contributed by atoms with Gasteiger partial charge in [0.15, 0.2) is 0 Å². The highest BCUT2D eigenvalue weighted by molar-refractivity contribution is 7.00. The maximum Gasteiger partial charge on any atom is 0.252 e. The fourth-order valence-corrected chi connectivity index (χ4v) is 11.0. The summed E-state index contributed by atoms with van der Waals surface area (Å²) in [5, 5.41) is -0.573. The van der Waals surface area contributed by atoms with Crippen LogP contribution in [0, 0.1) is 0 Å². The van der Waals surface area contributed by atoms with Gasteiger partial charge >= 0.3 is 0 Å². The highest BCUT2D eigenvalue weighted by atomic mass is 15.2. The number of anilines is 12. The van der Waals surface area contributed by atoms with Crippen LogP contribution in [-0.4, -0.2) is 11.3 Å². The number of aromatic nitrogens is 1. The summed E-state index contributed by atoms with van der Waals surface area (Å²) in [5.41, 5.74) is -24.9. The summed E-state index contributed by atoms with van der Waals surface area (Å²) in [6, 6.07) is -43.7. The molecule has 0 saturated carbocycles. The van der Waals surface area contributed by atoms with Gasteiger partial charge in [-0.15, -0.1) is 0 Å². The van der Waals surface area contributed by atoms with Crippen LogP contribution in [0.15, 0.2) is 242 Å². The number of nitrogens with zero attached hydrogens (tertiary/aromatic N) is 5. The molecule has 3 aliphatic heterocycles. The van der Waals surface area contributed by atoms with Gasteiger partial charge in [0.1, 0.15) is 0 Å². The lowest BCUT2D eigenvalue weighted by molar-refractivity contribution is 0.590. The molecule has 88 heavy (non-hydrogen) atoms. The lowest BCUT2D eigenvalue weighted by Crippen LogP contribution is -2.61. The van der Waals surface area contributed by atoms with Gasteiger partial charge in [0.05, 0.1) is 88.6 Å². The van der Waals surface area contributed by atoms with E-state index in [0.29, 0.717) is 14.7 Å². The molecule has 0 spiro atoms. The van der Waals surface area contributed by atoms with E-state index in [9.17, 15) is 48.0 Å². The second kappa shape index (κ2) is 20.0. The first-order chi connectivity index (χ1) is 58.9. The zero-order valence-corrected chi connectivity index (χ0v) is 49.8. The molecule has 1 aromatic heterocycles. The molecule has 5 nitrogen and oxygen atoms in total. The molecule has 0 saturated heterocycles. The fourth-order valence-electron chi connectivity index (χ4n) is 11.0. The van der Waals surface area contributed by atoms with Crippen molar-refractivity contribution in [2.24, 2.45) is 0 Å². The average Bonchev–Trinajstić information content (AvgIpc) is 1.29. The molecule has 432 valence electrons. The van der Waals surface area contributed by atoms with E-state index < -0.39 is 383 Å². The molecule has 12 aromatic rings. The number of fused-ring (bicyclic) bond motifs is 9. The van der Waals surface area contributed by atoms with Gasteiger partial charge in [0.25, 0.3) is 6.71 Å². The summed E-state index contributed by atoms with van der Waals surface area (Å²) < 4.78 is 401. The van der Waals surface area contributed by atoms with Crippen LogP contribution in [0.3, 0.4) is 0 Å². The monoisotopic (exact) mass is 1180 g/mol. The summed E-state index contributed by atoms with van der Waals surface area (Å²) in [4.78, 5) is 2.30. The summed E-state index contributed by atoms with van der Waals surface area (Å²) in [6.45, 7) is 16.5. The molecule has 3 aliphatic rings. The van der Waals surface area contributed by atoms with Crippen LogP contribution in [0.5, 0.6) is 0 Å². The number of rotatable bonds is 8. The van der Waals surface area contributed by atoms with E-state index in [1.807, 2.05) is 0 Å². The molecule has 0 N–H and O–H groups in total. The molecule has 0 bridgehead atoms. The zero-order valence-electron chi connectivity index (χ0n) is 89.8. The van der Waals surface area contributed by atoms with Crippen LogP contribution in [-0.2, 0) is 21.7 Å². The molecule has 6 heteroatoms. The van der Waals surface area contributed by atoms with Crippen LogP contribution in [0.2, 0.25) is 0 Å². The van der Waals surface area contributed by atoms with E-state index in [1.165, 1.54) is 41.5 Å². The van der Waals surface area contributed by atoms with Crippen LogP contribution in [0.25, 0.3) is 38.6 Å². The molecule has 15 rings (SSSR count). The third-order valence-corrected chi connectivity index (χ3v) is 15.4. The first-order valence-corrected chi connectivity index (χ1v) is 28.2. The van der Waals surface area contributed by atoms with Crippen molar-refractivity contribution in [2.45, 2.75) is 105 Å². The second-order valence-electron chi connectivity index (χ2n) is 25.6. The van der Waals surface area contributed by atoms with Crippen LogP contribution in [0.4, 0.5) is 68.2 Å². The summed E-state index contributed by atoms with van der Waals surface area (Å²) in [6.07, 6.45) is 0. The molecule has 0 atom stereocenters. The van der Waals surface area contributed by atoms with Crippen molar-refractivity contribution in [2.75, 3.05) is 19.6 Å². The Morgan fingerprint density at radius 3 is 1.38 bits per heavy atom. The Morgan fingerprint density at radius 2 is 0.807 bits per heavy atom. The number of benzene rings is 11. The predicted molar refractivity (Wildman–Crippen MR) is 378 cm³/mol. The van der Waals surface area contributed by atoms with Crippen molar-refractivity contribution < 1.29 is 54.8 Å². The number of hydrogen-bond donors (Lipinski definition) is 0. The molecule has 11 aromatic carbocycles. The average molecular weight is 1180 g/mol. The number of hydrogen-bond acceptors (Lipinski definition) is 4. The Bertz CT molecular complexity index is 6890. The minimum atomic E-state index is -2.46. The molecule has 0 aliphatic carbocycles. The minimum Gasteiger partial charge on any atom is -0.311 e. The molecular formula is C82H76BN5. The maximum atomic E-state index is 11.5. The lowest BCUT2D eigenvalue weighted by atomic mass is 9.33. The standard InChI is InChI=1S/C82H76BN5/c1-79(2,3)55-33-40-61(41-34-55)84(62-42-35-56(36-43-62)80(4,5)6)64-44-45-68-72(50-64)86(63-38-31-54(32-39-63)53-23-16-13-17-24-53)73-51-65(85(59-25-18-14-19-26-59)60-27-20-15-21-28-60)52-74-76(73)83(68)69-29-22-30-71-78(69)88(74)75-49-58(82(10,11)12)48-67-66-47-57(81(7,8)9)37-46-70(66)87(71)77(67)75/h13-52H,1-12H3/i13D,14D,15D,16D,17D,18D,19D,20D,21D,22D,23D,24D,25D,26D,27D,28D,29D,30D,31D,32D,33D,34D,35D,36D,37D,38D,39D,40D,41D,42D,43D,44D,45D,46D,47D,48D,49D,50D,51D,52D. The van der Waals surface area contributed by atoms with Gasteiger partial charge in [0, 0.05) is 62.0 Å². The first-order valence-electron chi connectivity index (χ1n) is 48.2. The Labute approximate surface area is 577 Å². The van der Waals surface area contributed by atoms with Gasteiger partial charge < -0.3 is 24.2 Å². The van der Waals surface area contributed by atoms with Crippen LogP contribution >= 0.6 is 0 Å². The second-order valence-corrected chi connectivity index (χ2v) is 25.6. The van der Waals surface area contributed by atoms with Crippen LogP contribution in [0.1, 0.15) is 160 Å². The zero-order chi connectivity index (χ0) is 95.6. The Hall–Kier alpha value is -9.52. The summed E-state index contributed by atoms with van der Waals surface area (Å²) >= 11 is 0. The highest BCUT2D eigenvalue weighted by Gasteiger charge is 2.47. The fraction of sp³-hybridized carbons (Fsp3) is 0.195. The van der Waals surface area contributed by atoms with Crippen molar-refractivity contribution in [1.29, 1.82) is 0 Å². The van der Waals surface area contributed by atoms with Gasteiger partial charge in [0.2, 0.25) is 0 Å². The van der Waals surface area contributed by atoms with Crippen molar-refractivity contribution in [3.05, 3.63) is 264 Å². The normalized spacial score (nSPS) is 19.8. The van der Waals surface area contributed by atoms with E-state index >= 15 is 0 Å². The SMILES string of the molecule is [2H]c1c([2H])c([2H])c(-c2c([2H])c([2H])c(N3c4c([2H])c(N(c5c([2H])c([2H])c(C(C)(C)C)c([2H])c5[2H])c5c([2H])c([2H])c(C(C)(C)C)c([2H])c5[2H])c([2H])c([2H])c4B4c5c3c([2H])c(N(c3c([2H])c([2H])c([2H])c([2H])c3[2H])c3c([2H])c([2H])c([2H])c([2H])c3[2H])c([2H])c5N3c5c4c([2H])c([2H])c([2H])c5-n4c5c([2H])c([2H])c(C(C)(C)C)c([2H])c5c5c([2H])c(C(C)(C)C)c([2H])c3c54)c([2H])c2[2H])c([2H])c1[2H]. The minimum absolute atomic E-state index is 0.0644. The third-order valence-electron chi connectivity index (χ3n) is 15.4. The summed E-state index contributed by atoms with van der Waals surface area (Å²) in [5.74, 6) is 0. The number of para-hydroxylation sites is 3. The van der Waals surface area contributed by atoms with E-state index in [1.54, 1.807) is 41.5 Å². The van der Waals surface area contributed by atoms with Gasteiger partial charge in [-0.05, 0) is 186 Å². The van der Waals surface area contributed by atoms with Crippen molar-refractivity contribution in [1.82, 2.24) is 4.57 Å². The van der Waals surface area contributed by atoms with Crippen molar-refractivity contribution in [3.8, 4) is 16.8 Å². The molecule has 4 heterocycles. The van der Waals surface area contributed by atoms with Gasteiger partial charge in [-0.2, -0.15) is 0 Å². The van der Waals surface area contributed by atoms with Gasteiger partial charge in [-0.3, -0.25) is 0 Å². The Morgan fingerprint density at radius 1 is 0.330 bits per heavy atom. The largest absolute Gasteiger partial charge is 0.311 e. The molecule has 0 radical (unpaired) electrons. The predicted octanol–water partition coefficient (Wildman–Crippen LogP) is 21.0. The highest BCUT2D eigenvalue weighted by Crippen LogP contribution is 2.56. The first kappa shape index (κ1) is 26.8. The quantitative estimate of drug-likeness (QED) is 0.141. The van der Waals surface area contributed by atoms with E-state index in [4.69, 9.17) is 6.85 Å². The maximum absolute atomic E-state index is 11.5. The third kappa shape index (κ3) is 8.96.